The van der Waals surface area contributed by atoms with Gasteiger partial charge in [-0.1, -0.05) is 23.4 Å². The van der Waals surface area contributed by atoms with Crippen LogP contribution < -0.4 is 15.4 Å². The van der Waals surface area contributed by atoms with E-state index in [4.69, 9.17) is 9.47 Å². The predicted molar refractivity (Wildman–Crippen MR) is 135 cm³/mol. The van der Waals surface area contributed by atoms with Gasteiger partial charge in [-0.3, -0.25) is 9.59 Å². The van der Waals surface area contributed by atoms with E-state index in [1.165, 1.54) is 10.9 Å². The number of benzene rings is 2. The van der Waals surface area contributed by atoms with Gasteiger partial charge in [0.2, 0.25) is 0 Å². The number of nitrogens with one attached hydrogen (secondary N) is 2. The molecule has 0 spiro atoms. The van der Waals surface area contributed by atoms with Gasteiger partial charge < -0.3 is 20.1 Å². The number of ether oxygens (including phenoxy) is 2. The normalized spacial score (nSPS) is 10.9. The number of hydrogen-bond acceptors (Lipinski definition) is 7. The largest absolute Gasteiger partial charge is 0.489 e. The average molecular weight is 512 g/mol. The summed E-state index contributed by atoms with van der Waals surface area (Å²) in [6.07, 6.45) is 1.49. The zero-order valence-corrected chi connectivity index (χ0v) is 20.5. The lowest BCUT2D eigenvalue weighted by Gasteiger charge is -2.13. The first-order valence-electron chi connectivity index (χ1n) is 11.5. The van der Waals surface area contributed by atoms with Crippen LogP contribution in [-0.4, -0.2) is 59.8 Å². The van der Waals surface area contributed by atoms with Crippen molar-refractivity contribution in [2.24, 2.45) is 0 Å². The van der Waals surface area contributed by atoms with Gasteiger partial charge in [-0.15, -0.1) is 16.4 Å². The number of hydrogen-bond donors (Lipinski definition) is 2. The molecule has 9 nitrogen and oxygen atoms in total. The minimum absolute atomic E-state index is 0.0157. The summed E-state index contributed by atoms with van der Waals surface area (Å²) in [7, 11) is 0. The molecule has 2 aromatic heterocycles. The maximum absolute atomic E-state index is 12.7. The molecule has 0 aliphatic heterocycles. The number of amides is 2. The smallest absolute Gasteiger partial charge is 0.273 e. The Morgan fingerprint density at radius 3 is 2.72 bits per heavy atom. The van der Waals surface area contributed by atoms with Crippen molar-refractivity contribution in [3.05, 3.63) is 70.9 Å². The molecule has 2 heterocycles. The molecule has 0 bridgehead atoms. The highest BCUT2D eigenvalue weighted by Crippen LogP contribution is 2.26. The Balaban J connectivity index is 1.47. The molecule has 0 radical (unpaired) electrons. The fraction of sp³-hybridized carbons (Fsp3) is 0.280. The van der Waals surface area contributed by atoms with Crippen LogP contribution in [0.5, 0.6) is 5.75 Å². The van der Waals surface area contributed by atoms with E-state index in [1.54, 1.807) is 29.5 Å². The second kappa shape index (κ2) is 12.2. The van der Waals surface area contributed by atoms with Crippen molar-refractivity contribution in [1.29, 1.82) is 0 Å². The van der Waals surface area contributed by atoms with Gasteiger partial charge in [0.05, 0.1) is 26.0 Å². The number of halogens is 1. The van der Waals surface area contributed by atoms with Gasteiger partial charge in [0, 0.05) is 21.7 Å². The Morgan fingerprint density at radius 1 is 1.06 bits per heavy atom. The van der Waals surface area contributed by atoms with Crippen molar-refractivity contribution in [3.63, 3.8) is 0 Å². The summed E-state index contributed by atoms with van der Waals surface area (Å²) in [5.74, 6) is -0.257. The molecule has 36 heavy (non-hydrogen) atoms. The van der Waals surface area contributed by atoms with E-state index in [0.717, 1.165) is 15.0 Å². The van der Waals surface area contributed by atoms with Gasteiger partial charge in [-0.2, -0.15) is 0 Å². The summed E-state index contributed by atoms with van der Waals surface area (Å²) in [4.78, 5) is 26.0. The van der Waals surface area contributed by atoms with Gasteiger partial charge >= 0.3 is 0 Å². The van der Waals surface area contributed by atoms with Crippen molar-refractivity contribution in [2.45, 2.75) is 13.5 Å². The molecule has 0 fully saturated rings. The first kappa shape index (κ1) is 25.3. The monoisotopic (exact) mass is 511 g/mol. The number of thiophene rings is 1. The second-order valence-electron chi connectivity index (χ2n) is 7.67. The zero-order chi connectivity index (χ0) is 25.3. The summed E-state index contributed by atoms with van der Waals surface area (Å²) >= 11 is 1.62. The van der Waals surface area contributed by atoms with E-state index in [9.17, 15) is 14.0 Å². The first-order valence-corrected chi connectivity index (χ1v) is 12.3. The molecule has 0 saturated heterocycles. The van der Waals surface area contributed by atoms with Crippen LogP contribution in [0.2, 0.25) is 0 Å². The molecule has 188 valence electrons. The van der Waals surface area contributed by atoms with Gasteiger partial charge in [-0.25, -0.2) is 9.07 Å². The van der Waals surface area contributed by atoms with Crippen molar-refractivity contribution >= 4 is 33.2 Å². The van der Waals surface area contributed by atoms with Gasteiger partial charge in [0.1, 0.15) is 24.7 Å². The van der Waals surface area contributed by atoms with E-state index in [0.29, 0.717) is 30.1 Å². The number of carbonyl (C=O) groups excluding carboxylic acids is 2. The molecule has 11 heteroatoms. The molecule has 4 rings (SSSR count). The highest BCUT2D eigenvalue weighted by molar-refractivity contribution is 7.19. The van der Waals surface area contributed by atoms with Gasteiger partial charge in [-0.05, 0) is 42.6 Å². The highest BCUT2D eigenvalue weighted by Gasteiger charge is 2.16. The number of fused-ring (bicyclic) bond motifs is 1. The maximum Gasteiger partial charge on any atom is 0.273 e. The standard InChI is InChI=1S/C25H26FN5O4S/c1-2-27-24(32)18-7-8-21(22(14-18)35-12-11-34-10-9-26)31-16-20(29-30-31)25(33)28-15-19-13-17-5-3-4-6-23(17)36-19/h3-8,13-14,16H,2,9-12,15H2,1H3,(H,27,32)(H,28,33). The van der Waals surface area contributed by atoms with Crippen LogP contribution in [0.1, 0.15) is 32.6 Å². The molecule has 2 N–H and O–H groups in total. The van der Waals surface area contributed by atoms with E-state index in [2.05, 4.69) is 20.9 Å². The molecule has 2 amide bonds. The van der Waals surface area contributed by atoms with E-state index < -0.39 is 6.67 Å². The Bertz CT molecular complexity index is 1310. The third kappa shape index (κ3) is 6.23. The van der Waals surface area contributed by atoms with Crippen LogP contribution in [0.25, 0.3) is 15.8 Å². The van der Waals surface area contributed by atoms with Crippen LogP contribution in [0, 0.1) is 0 Å². The van der Waals surface area contributed by atoms with Gasteiger partial charge in [0.15, 0.2) is 5.69 Å². The molecular formula is C25H26FN5O4S. The summed E-state index contributed by atoms with van der Waals surface area (Å²) in [6, 6.07) is 15.0. The lowest BCUT2D eigenvalue weighted by atomic mass is 10.1. The molecular weight excluding hydrogens is 485 g/mol. The number of aromatic nitrogens is 3. The summed E-state index contributed by atoms with van der Waals surface area (Å²) in [6.45, 7) is 2.41. The molecule has 0 atom stereocenters. The highest BCUT2D eigenvalue weighted by atomic mass is 32.1. The van der Waals surface area contributed by atoms with Crippen LogP contribution in [0.15, 0.2) is 54.7 Å². The second-order valence-corrected chi connectivity index (χ2v) is 8.84. The zero-order valence-electron chi connectivity index (χ0n) is 19.7. The minimum atomic E-state index is -0.579. The summed E-state index contributed by atoms with van der Waals surface area (Å²) in [5.41, 5.74) is 1.03. The quantitative estimate of drug-likeness (QED) is 0.282. The Morgan fingerprint density at radius 2 is 1.92 bits per heavy atom. The number of nitrogens with zero attached hydrogens (tertiary/aromatic N) is 3. The number of rotatable bonds is 12. The van der Waals surface area contributed by atoms with E-state index >= 15 is 0 Å². The fourth-order valence-electron chi connectivity index (χ4n) is 3.46. The lowest BCUT2D eigenvalue weighted by Crippen LogP contribution is -2.23. The van der Waals surface area contributed by atoms with E-state index in [-0.39, 0.29) is 37.3 Å². The molecule has 0 aliphatic rings. The number of carbonyl (C=O) groups is 2. The minimum Gasteiger partial charge on any atom is -0.489 e. The van der Waals surface area contributed by atoms with Crippen molar-refractivity contribution < 1.29 is 23.5 Å². The number of alkyl halides is 1. The molecule has 0 saturated carbocycles. The molecule has 0 aliphatic carbocycles. The fourth-order valence-corrected chi connectivity index (χ4v) is 4.46. The topological polar surface area (TPSA) is 107 Å². The average Bonchev–Trinajstić information content (AvgIpc) is 3.54. The maximum atomic E-state index is 12.7. The van der Waals surface area contributed by atoms with Gasteiger partial charge in [0.25, 0.3) is 11.8 Å². The lowest BCUT2D eigenvalue weighted by molar-refractivity contribution is 0.0894. The van der Waals surface area contributed by atoms with Crippen molar-refractivity contribution in [1.82, 2.24) is 25.6 Å². The van der Waals surface area contributed by atoms with Crippen LogP contribution >= 0.6 is 11.3 Å². The first-order chi connectivity index (χ1) is 17.6. The van der Waals surface area contributed by atoms with Crippen molar-refractivity contribution in [3.8, 4) is 11.4 Å². The summed E-state index contributed by atoms with van der Waals surface area (Å²) in [5, 5.41) is 14.8. The van der Waals surface area contributed by atoms with E-state index in [1.807, 2.05) is 37.3 Å². The van der Waals surface area contributed by atoms with Crippen LogP contribution in [-0.2, 0) is 11.3 Å². The Labute approximate surface area is 211 Å². The predicted octanol–water partition coefficient (Wildman–Crippen LogP) is 3.53. The van der Waals surface area contributed by atoms with Crippen LogP contribution in [0.3, 0.4) is 0 Å². The SMILES string of the molecule is CCNC(=O)c1ccc(-n2cc(C(=O)NCc3cc4ccccc4s3)nn2)c(OCCOCCF)c1. The summed E-state index contributed by atoms with van der Waals surface area (Å²) < 4.78 is 25.7. The molecule has 0 unspecified atom stereocenters. The third-order valence-corrected chi connectivity index (χ3v) is 6.25. The Hall–Kier alpha value is -3.83. The van der Waals surface area contributed by atoms with Crippen molar-refractivity contribution in [2.75, 3.05) is 33.0 Å². The Kier molecular flexibility index (Phi) is 8.58. The molecule has 4 aromatic rings. The van der Waals surface area contributed by atoms with Crippen LogP contribution in [0.4, 0.5) is 4.39 Å². The molecule has 2 aromatic carbocycles. The third-order valence-electron chi connectivity index (χ3n) is 5.14.